The highest BCUT2D eigenvalue weighted by Crippen LogP contribution is 2.36. The molecule has 3 atom stereocenters. The summed E-state index contributed by atoms with van der Waals surface area (Å²) in [6, 6.07) is 19.5. The van der Waals surface area contributed by atoms with Gasteiger partial charge in [0.05, 0.1) is 19.0 Å². The Kier molecular flexibility index (Phi) is 4.60. The van der Waals surface area contributed by atoms with Crippen LogP contribution in [0.25, 0.3) is 43.5 Å². The van der Waals surface area contributed by atoms with E-state index in [0.29, 0.717) is 29.9 Å². The standard InChI is InChI=1S/C27H23N5O3/c33-12-21-20(34)10-22(35-21)32-14-31-25-26(29-13-30-27(25)32)28-11-18-7-6-17-5-4-15-2-1-3-16-8-9-19(18)24(17)23(15)16/h1-9,13-14,20-22,33-34H,10-12H2,(H,28,29,30). The van der Waals surface area contributed by atoms with Crippen LogP contribution in [0.15, 0.2) is 67.3 Å². The fraction of sp³-hybridized carbons (Fsp3) is 0.222. The molecule has 3 unspecified atom stereocenters. The molecule has 1 saturated heterocycles. The van der Waals surface area contributed by atoms with Gasteiger partial charge < -0.3 is 20.3 Å². The molecule has 8 heteroatoms. The van der Waals surface area contributed by atoms with Crippen LogP contribution in [0, 0.1) is 0 Å². The van der Waals surface area contributed by atoms with E-state index in [-0.39, 0.29) is 6.61 Å². The Morgan fingerprint density at radius 3 is 2.51 bits per heavy atom. The van der Waals surface area contributed by atoms with Crippen molar-refractivity contribution in [2.75, 3.05) is 11.9 Å². The molecule has 4 aromatic carbocycles. The topological polar surface area (TPSA) is 105 Å². The van der Waals surface area contributed by atoms with Crippen molar-refractivity contribution in [2.24, 2.45) is 0 Å². The summed E-state index contributed by atoms with van der Waals surface area (Å²) >= 11 is 0. The normalized spacial score (nSPS) is 20.6. The summed E-state index contributed by atoms with van der Waals surface area (Å²) in [6.45, 7) is 0.351. The molecule has 7 rings (SSSR count). The van der Waals surface area contributed by atoms with E-state index < -0.39 is 18.4 Å². The van der Waals surface area contributed by atoms with Crippen LogP contribution in [0.5, 0.6) is 0 Å². The molecular weight excluding hydrogens is 442 g/mol. The number of aliphatic hydroxyl groups is 2. The van der Waals surface area contributed by atoms with Gasteiger partial charge >= 0.3 is 0 Å². The maximum absolute atomic E-state index is 10.1. The summed E-state index contributed by atoms with van der Waals surface area (Å²) in [6.07, 6.45) is 1.75. The van der Waals surface area contributed by atoms with E-state index in [1.165, 1.54) is 44.2 Å². The van der Waals surface area contributed by atoms with Crippen LogP contribution >= 0.6 is 0 Å². The number of anilines is 1. The molecule has 0 saturated carbocycles. The molecule has 1 aliphatic rings. The number of hydrogen-bond acceptors (Lipinski definition) is 7. The largest absolute Gasteiger partial charge is 0.394 e. The van der Waals surface area contributed by atoms with Crippen molar-refractivity contribution in [3.63, 3.8) is 0 Å². The molecule has 3 N–H and O–H groups in total. The first-order chi connectivity index (χ1) is 17.2. The van der Waals surface area contributed by atoms with Crippen LogP contribution in [0.1, 0.15) is 18.2 Å². The Balaban J connectivity index is 1.24. The van der Waals surface area contributed by atoms with E-state index >= 15 is 0 Å². The number of fused-ring (bicyclic) bond motifs is 1. The lowest BCUT2D eigenvalue weighted by atomic mass is 9.92. The number of imidazole rings is 1. The molecule has 0 amide bonds. The zero-order valence-corrected chi connectivity index (χ0v) is 18.8. The highest BCUT2D eigenvalue weighted by Gasteiger charge is 2.35. The average Bonchev–Trinajstić information content (AvgIpc) is 3.49. The van der Waals surface area contributed by atoms with Gasteiger partial charge in [0.25, 0.3) is 0 Å². The predicted molar refractivity (Wildman–Crippen MR) is 134 cm³/mol. The zero-order valence-electron chi connectivity index (χ0n) is 18.8. The molecule has 0 bridgehead atoms. The number of hydrogen-bond donors (Lipinski definition) is 3. The molecule has 3 heterocycles. The average molecular weight is 466 g/mol. The van der Waals surface area contributed by atoms with E-state index in [2.05, 4.69) is 74.9 Å². The van der Waals surface area contributed by atoms with Crippen molar-refractivity contribution in [3.05, 3.63) is 72.8 Å². The van der Waals surface area contributed by atoms with Gasteiger partial charge in [0.1, 0.15) is 18.7 Å². The molecule has 174 valence electrons. The van der Waals surface area contributed by atoms with Gasteiger partial charge in [-0.2, -0.15) is 0 Å². The van der Waals surface area contributed by atoms with Crippen LogP contribution in [-0.2, 0) is 11.3 Å². The van der Waals surface area contributed by atoms with E-state index in [0.717, 1.165) is 0 Å². The second kappa shape index (κ2) is 7.84. The number of nitrogens with one attached hydrogen (secondary N) is 1. The second-order valence-electron chi connectivity index (χ2n) is 9.10. The SMILES string of the molecule is OCC1OC(n2cnc3c(NCc4ccc5ccc6cccc7ccc4c5c67)ncnc32)CC1O. The van der Waals surface area contributed by atoms with Crippen LogP contribution in [0.2, 0.25) is 0 Å². The molecular formula is C27H23N5O3. The molecule has 2 aromatic heterocycles. The minimum atomic E-state index is -0.726. The van der Waals surface area contributed by atoms with E-state index in [9.17, 15) is 10.2 Å². The van der Waals surface area contributed by atoms with E-state index in [4.69, 9.17) is 4.74 Å². The maximum atomic E-state index is 10.1. The number of aliphatic hydroxyl groups excluding tert-OH is 2. The maximum Gasteiger partial charge on any atom is 0.167 e. The lowest BCUT2D eigenvalue weighted by Crippen LogP contribution is -2.24. The molecule has 1 fully saturated rings. The van der Waals surface area contributed by atoms with Crippen LogP contribution in [0.4, 0.5) is 5.82 Å². The first kappa shape index (κ1) is 20.5. The third-order valence-corrected chi connectivity index (χ3v) is 7.12. The first-order valence-corrected chi connectivity index (χ1v) is 11.7. The Morgan fingerprint density at radius 2 is 1.71 bits per heavy atom. The van der Waals surface area contributed by atoms with E-state index in [1.54, 1.807) is 10.9 Å². The van der Waals surface area contributed by atoms with Crippen molar-refractivity contribution in [2.45, 2.75) is 31.4 Å². The Hall–Kier alpha value is -3.85. The number of ether oxygens (including phenoxy) is 1. The Morgan fingerprint density at radius 1 is 0.943 bits per heavy atom. The highest BCUT2D eigenvalue weighted by atomic mass is 16.5. The molecule has 8 nitrogen and oxygen atoms in total. The van der Waals surface area contributed by atoms with Crippen molar-refractivity contribution < 1.29 is 14.9 Å². The van der Waals surface area contributed by atoms with E-state index in [1.807, 2.05) is 0 Å². The summed E-state index contributed by atoms with van der Waals surface area (Å²) in [4.78, 5) is 13.4. The summed E-state index contributed by atoms with van der Waals surface area (Å²) in [5.41, 5.74) is 2.43. The summed E-state index contributed by atoms with van der Waals surface area (Å²) < 4.78 is 7.58. The quantitative estimate of drug-likeness (QED) is 0.331. The van der Waals surface area contributed by atoms with Crippen molar-refractivity contribution in [3.8, 4) is 0 Å². The van der Waals surface area contributed by atoms with Crippen LogP contribution in [-0.4, -0.2) is 48.5 Å². The zero-order chi connectivity index (χ0) is 23.5. The summed E-state index contributed by atoms with van der Waals surface area (Å²) in [5, 5.41) is 30.5. The van der Waals surface area contributed by atoms with Gasteiger partial charge in [0, 0.05) is 13.0 Å². The molecule has 0 spiro atoms. The fourth-order valence-electron chi connectivity index (χ4n) is 5.37. The van der Waals surface area contributed by atoms with Crippen molar-refractivity contribution in [1.29, 1.82) is 0 Å². The smallest absolute Gasteiger partial charge is 0.167 e. The van der Waals surface area contributed by atoms with Gasteiger partial charge in [-0.25, -0.2) is 15.0 Å². The predicted octanol–water partition coefficient (Wildman–Crippen LogP) is 3.98. The summed E-state index contributed by atoms with van der Waals surface area (Å²) in [7, 11) is 0. The Bertz CT molecular complexity index is 1680. The Labute approximate surface area is 200 Å². The van der Waals surface area contributed by atoms with Gasteiger partial charge in [-0.3, -0.25) is 4.57 Å². The number of aromatic nitrogens is 4. The lowest BCUT2D eigenvalue weighted by Gasteiger charge is -2.15. The molecule has 0 radical (unpaired) electrons. The van der Waals surface area contributed by atoms with Gasteiger partial charge in [-0.1, -0.05) is 54.6 Å². The van der Waals surface area contributed by atoms with Crippen LogP contribution in [0.3, 0.4) is 0 Å². The summed E-state index contributed by atoms with van der Waals surface area (Å²) in [5.74, 6) is 0.636. The van der Waals surface area contributed by atoms with Crippen LogP contribution < -0.4 is 5.32 Å². The van der Waals surface area contributed by atoms with Crippen molar-refractivity contribution >= 4 is 49.3 Å². The van der Waals surface area contributed by atoms with Gasteiger partial charge in [-0.05, 0) is 37.9 Å². The number of rotatable bonds is 5. The third kappa shape index (κ3) is 3.15. The second-order valence-corrected chi connectivity index (χ2v) is 9.10. The third-order valence-electron chi connectivity index (χ3n) is 7.12. The number of nitrogens with zero attached hydrogens (tertiary/aromatic N) is 4. The monoisotopic (exact) mass is 465 g/mol. The molecule has 6 aromatic rings. The molecule has 35 heavy (non-hydrogen) atoms. The molecule has 0 aliphatic carbocycles. The van der Waals surface area contributed by atoms with Gasteiger partial charge in [0.2, 0.25) is 0 Å². The highest BCUT2D eigenvalue weighted by molar-refractivity contribution is 6.23. The fourth-order valence-corrected chi connectivity index (χ4v) is 5.37. The minimum Gasteiger partial charge on any atom is -0.394 e. The minimum absolute atomic E-state index is 0.231. The van der Waals surface area contributed by atoms with Crippen molar-refractivity contribution in [1.82, 2.24) is 19.5 Å². The molecule has 1 aliphatic heterocycles. The first-order valence-electron chi connectivity index (χ1n) is 11.7. The number of benzene rings is 4. The van der Waals surface area contributed by atoms with Gasteiger partial charge in [-0.15, -0.1) is 0 Å². The lowest BCUT2D eigenvalue weighted by molar-refractivity contribution is -0.0432. The van der Waals surface area contributed by atoms with Gasteiger partial charge in [0.15, 0.2) is 17.0 Å².